The van der Waals surface area contributed by atoms with Gasteiger partial charge >= 0.3 is 5.97 Å². The van der Waals surface area contributed by atoms with Gasteiger partial charge in [-0.25, -0.2) is 0 Å². The van der Waals surface area contributed by atoms with Gasteiger partial charge in [0.2, 0.25) is 5.91 Å². The Labute approximate surface area is 102 Å². The Morgan fingerprint density at radius 2 is 2.06 bits per heavy atom. The Kier molecular flexibility index (Phi) is 5.41. The van der Waals surface area contributed by atoms with E-state index in [9.17, 15) is 9.59 Å². The molecule has 98 valence electrons. The van der Waals surface area contributed by atoms with E-state index < -0.39 is 12.0 Å². The highest BCUT2D eigenvalue weighted by Crippen LogP contribution is 2.26. The minimum Gasteiger partial charge on any atom is -0.480 e. The second-order valence-corrected chi connectivity index (χ2v) is 4.47. The molecule has 1 aliphatic rings. The Hall–Kier alpha value is -1.10. The van der Waals surface area contributed by atoms with E-state index in [2.05, 4.69) is 5.32 Å². The predicted octanol–water partition coefficient (Wildman–Crippen LogP) is 0.840. The summed E-state index contributed by atoms with van der Waals surface area (Å²) in [7, 11) is 0. The molecule has 0 bridgehead atoms. The molecule has 1 fully saturated rings. The highest BCUT2D eigenvalue weighted by molar-refractivity contribution is 5.80. The highest BCUT2D eigenvalue weighted by atomic mass is 16.4. The van der Waals surface area contributed by atoms with Crippen molar-refractivity contribution in [2.24, 2.45) is 0 Å². The number of nitrogens with one attached hydrogen (secondary N) is 1. The zero-order chi connectivity index (χ0) is 12.8. The van der Waals surface area contributed by atoms with Crippen LogP contribution < -0.4 is 5.32 Å². The lowest BCUT2D eigenvalue weighted by Crippen LogP contribution is -2.45. The van der Waals surface area contributed by atoms with E-state index in [0.29, 0.717) is 19.0 Å². The third kappa shape index (κ3) is 4.34. The Morgan fingerprint density at radius 1 is 1.41 bits per heavy atom. The van der Waals surface area contributed by atoms with Gasteiger partial charge in [-0.2, -0.15) is 0 Å². The summed E-state index contributed by atoms with van der Waals surface area (Å²) in [4.78, 5) is 24.6. The molecule has 0 aliphatic heterocycles. The molecule has 2 N–H and O–H groups in total. The number of carboxylic acid groups (broad SMARTS) is 1. The van der Waals surface area contributed by atoms with Crippen molar-refractivity contribution in [1.82, 2.24) is 10.2 Å². The van der Waals surface area contributed by atoms with Gasteiger partial charge in [0.1, 0.15) is 6.04 Å². The number of hydrogen-bond donors (Lipinski definition) is 2. The first-order valence-corrected chi connectivity index (χ1v) is 6.35. The molecule has 0 spiro atoms. The average Bonchev–Trinajstić information content (AvgIpc) is 3.09. The molecule has 0 aromatic heterocycles. The Morgan fingerprint density at radius 3 is 2.47 bits per heavy atom. The minimum atomic E-state index is -0.880. The average molecular weight is 242 g/mol. The van der Waals surface area contributed by atoms with Crippen LogP contribution in [-0.4, -0.2) is 47.1 Å². The molecular weight excluding hydrogens is 220 g/mol. The third-order valence-corrected chi connectivity index (χ3v) is 3.02. The summed E-state index contributed by atoms with van der Waals surface area (Å²) in [6, 6.07) is -0.217. The summed E-state index contributed by atoms with van der Waals surface area (Å²) >= 11 is 0. The van der Waals surface area contributed by atoms with Gasteiger partial charge in [-0.3, -0.25) is 14.9 Å². The monoisotopic (exact) mass is 242 g/mol. The largest absolute Gasteiger partial charge is 0.480 e. The number of likely N-dealkylation sites (N-methyl/N-ethyl adjacent to an activating group) is 1. The molecular formula is C12H22N2O3. The van der Waals surface area contributed by atoms with E-state index in [4.69, 9.17) is 5.11 Å². The Balaban J connectivity index is 2.36. The molecule has 1 amide bonds. The lowest BCUT2D eigenvalue weighted by Gasteiger charge is -2.22. The quantitative estimate of drug-likeness (QED) is 0.662. The fraction of sp³-hybridized carbons (Fsp3) is 0.833. The van der Waals surface area contributed by atoms with Crippen molar-refractivity contribution < 1.29 is 14.7 Å². The fourth-order valence-corrected chi connectivity index (χ4v) is 1.94. The molecule has 0 heterocycles. The van der Waals surface area contributed by atoms with Gasteiger partial charge in [-0.05, 0) is 26.2 Å². The lowest BCUT2D eigenvalue weighted by molar-refractivity contribution is -0.140. The molecule has 1 atom stereocenters. The standard InChI is InChI=1S/C12H22N2O3/c1-3-5-10(12(16)17)13-8-11(15)14(4-2)9-6-7-9/h9-10,13H,3-8H2,1-2H3,(H,16,17). The first kappa shape index (κ1) is 14.0. The third-order valence-electron chi connectivity index (χ3n) is 3.02. The predicted molar refractivity (Wildman–Crippen MR) is 64.7 cm³/mol. The molecule has 0 radical (unpaired) electrons. The van der Waals surface area contributed by atoms with Gasteiger partial charge in [0.25, 0.3) is 0 Å². The van der Waals surface area contributed by atoms with Crippen LogP contribution in [0.3, 0.4) is 0 Å². The van der Waals surface area contributed by atoms with Gasteiger partial charge in [-0.15, -0.1) is 0 Å². The zero-order valence-electron chi connectivity index (χ0n) is 10.6. The summed E-state index contributed by atoms with van der Waals surface area (Å²) in [5.41, 5.74) is 0. The van der Waals surface area contributed by atoms with Crippen LogP contribution in [0.1, 0.15) is 39.5 Å². The van der Waals surface area contributed by atoms with Crippen LogP contribution in [0, 0.1) is 0 Å². The molecule has 1 rings (SSSR count). The van der Waals surface area contributed by atoms with Gasteiger partial charge < -0.3 is 10.0 Å². The van der Waals surface area contributed by atoms with Crippen LogP contribution >= 0.6 is 0 Å². The van der Waals surface area contributed by atoms with Gasteiger partial charge in [-0.1, -0.05) is 13.3 Å². The summed E-state index contributed by atoms with van der Waals surface area (Å²) in [6.45, 7) is 4.72. The molecule has 1 unspecified atom stereocenters. The number of nitrogens with zero attached hydrogens (tertiary/aromatic N) is 1. The second kappa shape index (κ2) is 6.59. The first-order chi connectivity index (χ1) is 8.10. The number of hydrogen-bond acceptors (Lipinski definition) is 3. The number of rotatable bonds is 8. The molecule has 0 saturated heterocycles. The number of amides is 1. The summed E-state index contributed by atoms with van der Waals surface area (Å²) in [5.74, 6) is -0.869. The van der Waals surface area contributed by atoms with E-state index in [0.717, 1.165) is 19.3 Å². The molecule has 1 saturated carbocycles. The molecule has 0 aromatic carbocycles. The summed E-state index contributed by atoms with van der Waals surface area (Å²) < 4.78 is 0. The summed E-state index contributed by atoms with van der Waals surface area (Å²) in [6.07, 6.45) is 3.50. The van der Waals surface area contributed by atoms with E-state index in [1.54, 1.807) is 0 Å². The van der Waals surface area contributed by atoms with Crippen molar-refractivity contribution in [3.8, 4) is 0 Å². The number of carboxylic acids is 1. The van der Waals surface area contributed by atoms with Gasteiger partial charge in [0, 0.05) is 12.6 Å². The molecule has 5 heteroatoms. The van der Waals surface area contributed by atoms with E-state index in [1.165, 1.54) is 0 Å². The van der Waals surface area contributed by atoms with Crippen molar-refractivity contribution in [3.05, 3.63) is 0 Å². The van der Waals surface area contributed by atoms with Crippen LogP contribution in [0.4, 0.5) is 0 Å². The summed E-state index contributed by atoms with van der Waals surface area (Å²) in [5, 5.41) is 11.8. The van der Waals surface area contributed by atoms with E-state index in [1.807, 2.05) is 18.7 Å². The maximum Gasteiger partial charge on any atom is 0.320 e. The van der Waals surface area contributed by atoms with Crippen molar-refractivity contribution in [2.75, 3.05) is 13.1 Å². The second-order valence-electron chi connectivity index (χ2n) is 4.47. The normalized spacial score (nSPS) is 16.6. The van der Waals surface area contributed by atoms with E-state index in [-0.39, 0.29) is 12.5 Å². The minimum absolute atomic E-state index is 0.0114. The maximum absolute atomic E-state index is 11.9. The van der Waals surface area contributed by atoms with Crippen molar-refractivity contribution in [3.63, 3.8) is 0 Å². The van der Waals surface area contributed by atoms with Gasteiger partial charge in [0.05, 0.1) is 6.54 Å². The number of carbonyl (C=O) groups excluding carboxylic acids is 1. The van der Waals surface area contributed by atoms with Crippen LogP contribution in [0.15, 0.2) is 0 Å². The van der Waals surface area contributed by atoms with Crippen molar-refractivity contribution in [2.45, 2.75) is 51.6 Å². The van der Waals surface area contributed by atoms with Crippen molar-refractivity contribution in [1.29, 1.82) is 0 Å². The number of aliphatic carboxylic acids is 1. The molecule has 1 aliphatic carbocycles. The maximum atomic E-state index is 11.9. The van der Waals surface area contributed by atoms with Gasteiger partial charge in [0.15, 0.2) is 0 Å². The number of carbonyl (C=O) groups is 2. The Bertz CT molecular complexity index is 277. The van der Waals surface area contributed by atoms with E-state index >= 15 is 0 Å². The van der Waals surface area contributed by atoms with Crippen molar-refractivity contribution >= 4 is 11.9 Å². The fourth-order valence-electron chi connectivity index (χ4n) is 1.94. The first-order valence-electron chi connectivity index (χ1n) is 6.35. The smallest absolute Gasteiger partial charge is 0.320 e. The SMILES string of the molecule is CCCC(NCC(=O)N(CC)C1CC1)C(=O)O. The highest BCUT2D eigenvalue weighted by Gasteiger charge is 2.31. The van der Waals surface area contributed by atoms with Crippen LogP contribution in [0.5, 0.6) is 0 Å². The zero-order valence-corrected chi connectivity index (χ0v) is 10.6. The van der Waals surface area contributed by atoms with Crippen LogP contribution in [-0.2, 0) is 9.59 Å². The van der Waals surface area contributed by atoms with Crippen LogP contribution in [0.25, 0.3) is 0 Å². The lowest BCUT2D eigenvalue weighted by atomic mass is 10.1. The molecule has 17 heavy (non-hydrogen) atoms. The van der Waals surface area contributed by atoms with Crippen LogP contribution in [0.2, 0.25) is 0 Å². The molecule has 0 aromatic rings. The molecule has 5 nitrogen and oxygen atoms in total. The topological polar surface area (TPSA) is 69.6 Å².